The molecular weight excluding hydrogens is 290 g/mol. The first-order chi connectivity index (χ1) is 9.11. The maximum Gasteiger partial charge on any atom is 0.240 e. The van der Waals surface area contributed by atoms with Gasteiger partial charge < -0.3 is 16.4 Å². The van der Waals surface area contributed by atoms with Crippen LogP contribution in [-0.2, 0) is 9.59 Å². The van der Waals surface area contributed by atoms with E-state index in [1.807, 2.05) is 33.8 Å². The topological polar surface area (TPSA) is 84.2 Å². The van der Waals surface area contributed by atoms with E-state index in [1.54, 1.807) is 19.1 Å². The molecule has 0 spiro atoms. The Labute approximate surface area is 132 Å². The number of nitrogens with one attached hydrogen (secondary N) is 2. The molecule has 4 N–H and O–H groups in total. The number of rotatable bonds is 3. The Morgan fingerprint density at radius 2 is 1.76 bits per heavy atom. The Hall–Kier alpha value is -1.59. The quantitative estimate of drug-likeness (QED) is 0.802. The second-order valence-corrected chi connectivity index (χ2v) is 6.01. The van der Waals surface area contributed by atoms with Crippen molar-refractivity contribution in [3.8, 4) is 0 Å². The number of anilines is 2. The summed E-state index contributed by atoms with van der Waals surface area (Å²) in [5.74, 6) is -0.335. The lowest BCUT2D eigenvalue weighted by Gasteiger charge is -2.19. The summed E-state index contributed by atoms with van der Waals surface area (Å²) in [6, 6.07) is 4.78. The van der Waals surface area contributed by atoms with E-state index < -0.39 is 11.5 Å². The van der Waals surface area contributed by atoms with Crippen LogP contribution in [0.4, 0.5) is 11.4 Å². The highest BCUT2D eigenvalue weighted by molar-refractivity contribution is 5.98. The van der Waals surface area contributed by atoms with E-state index in [9.17, 15) is 9.59 Å². The van der Waals surface area contributed by atoms with Crippen molar-refractivity contribution in [2.45, 2.75) is 40.7 Å². The van der Waals surface area contributed by atoms with Gasteiger partial charge >= 0.3 is 0 Å². The van der Waals surface area contributed by atoms with Gasteiger partial charge in [0.05, 0.1) is 6.04 Å². The zero-order valence-electron chi connectivity index (χ0n) is 13.1. The lowest BCUT2D eigenvalue weighted by atomic mass is 9.95. The molecule has 6 heteroatoms. The van der Waals surface area contributed by atoms with Crippen molar-refractivity contribution in [1.82, 2.24) is 0 Å². The zero-order chi connectivity index (χ0) is 15.5. The summed E-state index contributed by atoms with van der Waals surface area (Å²) in [7, 11) is 0. The molecule has 0 heterocycles. The molecule has 1 atom stereocenters. The van der Waals surface area contributed by atoms with Crippen molar-refractivity contribution >= 4 is 35.6 Å². The van der Waals surface area contributed by atoms with Crippen molar-refractivity contribution in [1.29, 1.82) is 0 Å². The SMILES string of the molecule is Cc1ccc(NC(=O)[C@@H](C)N)cc1NC(=O)C(C)(C)C.Cl. The fourth-order valence-corrected chi connectivity index (χ4v) is 1.40. The third kappa shape index (κ3) is 5.73. The number of amides is 2. The first-order valence-electron chi connectivity index (χ1n) is 6.60. The monoisotopic (exact) mass is 313 g/mol. The molecule has 1 aromatic carbocycles. The molecule has 0 unspecified atom stereocenters. The van der Waals surface area contributed by atoms with Gasteiger partial charge in [-0.1, -0.05) is 26.8 Å². The Bertz CT molecular complexity index is 522. The molecule has 0 aromatic heterocycles. The fourth-order valence-electron chi connectivity index (χ4n) is 1.40. The minimum absolute atomic E-state index is 0. The Morgan fingerprint density at radius 3 is 2.24 bits per heavy atom. The largest absolute Gasteiger partial charge is 0.325 e. The van der Waals surface area contributed by atoms with Crippen molar-refractivity contribution < 1.29 is 9.59 Å². The van der Waals surface area contributed by atoms with Crippen LogP contribution in [0.15, 0.2) is 18.2 Å². The van der Waals surface area contributed by atoms with Gasteiger partial charge in [-0.3, -0.25) is 9.59 Å². The number of halogens is 1. The molecule has 0 aliphatic heterocycles. The fraction of sp³-hybridized carbons (Fsp3) is 0.467. The van der Waals surface area contributed by atoms with Crippen LogP contribution in [0.1, 0.15) is 33.3 Å². The molecule has 118 valence electrons. The maximum atomic E-state index is 12.0. The van der Waals surface area contributed by atoms with Gasteiger partial charge in [0.25, 0.3) is 0 Å². The molecule has 1 rings (SSSR count). The molecule has 5 nitrogen and oxygen atoms in total. The lowest BCUT2D eigenvalue weighted by Crippen LogP contribution is -2.32. The van der Waals surface area contributed by atoms with E-state index >= 15 is 0 Å². The van der Waals surface area contributed by atoms with Gasteiger partial charge in [-0.2, -0.15) is 0 Å². The highest BCUT2D eigenvalue weighted by atomic mass is 35.5. The van der Waals surface area contributed by atoms with Crippen molar-refractivity contribution in [3.63, 3.8) is 0 Å². The molecule has 2 amide bonds. The van der Waals surface area contributed by atoms with Crippen molar-refractivity contribution in [2.75, 3.05) is 10.6 Å². The minimum Gasteiger partial charge on any atom is -0.325 e. The summed E-state index contributed by atoms with van der Waals surface area (Å²) in [6.07, 6.45) is 0. The van der Waals surface area contributed by atoms with Crippen LogP contribution >= 0.6 is 12.4 Å². The van der Waals surface area contributed by atoms with E-state index in [1.165, 1.54) is 0 Å². The molecule has 0 bridgehead atoms. The second-order valence-electron chi connectivity index (χ2n) is 6.01. The highest BCUT2D eigenvalue weighted by Crippen LogP contribution is 2.23. The highest BCUT2D eigenvalue weighted by Gasteiger charge is 2.21. The van der Waals surface area contributed by atoms with E-state index in [-0.39, 0.29) is 24.2 Å². The Kier molecular flexibility index (Phi) is 6.86. The number of benzene rings is 1. The number of hydrogen-bond acceptors (Lipinski definition) is 3. The van der Waals surface area contributed by atoms with Crippen molar-refractivity contribution in [3.05, 3.63) is 23.8 Å². The van der Waals surface area contributed by atoms with E-state index in [4.69, 9.17) is 5.73 Å². The Morgan fingerprint density at radius 1 is 1.19 bits per heavy atom. The predicted molar refractivity (Wildman–Crippen MR) is 88.8 cm³/mol. The van der Waals surface area contributed by atoms with E-state index in [0.717, 1.165) is 5.56 Å². The smallest absolute Gasteiger partial charge is 0.240 e. The van der Waals surface area contributed by atoms with Crippen LogP contribution in [0, 0.1) is 12.3 Å². The average molecular weight is 314 g/mol. The molecule has 0 aliphatic carbocycles. The van der Waals surface area contributed by atoms with Crippen LogP contribution in [-0.4, -0.2) is 17.9 Å². The standard InChI is InChI=1S/C15H23N3O2.ClH/c1-9-6-7-11(17-13(19)10(2)16)8-12(9)18-14(20)15(3,4)5;/h6-8,10H,16H2,1-5H3,(H,17,19)(H,18,20);1H/t10-;/m1./s1. The van der Waals surface area contributed by atoms with Crippen LogP contribution in [0.3, 0.4) is 0 Å². The van der Waals surface area contributed by atoms with Gasteiger partial charge in [-0.25, -0.2) is 0 Å². The van der Waals surface area contributed by atoms with Gasteiger partial charge in [-0.05, 0) is 31.5 Å². The summed E-state index contributed by atoms with van der Waals surface area (Å²) >= 11 is 0. The summed E-state index contributed by atoms with van der Waals surface area (Å²) in [5.41, 5.74) is 7.27. The number of nitrogens with two attached hydrogens (primary N) is 1. The van der Waals surface area contributed by atoms with Crippen LogP contribution in [0.25, 0.3) is 0 Å². The van der Waals surface area contributed by atoms with Gasteiger partial charge in [0, 0.05) is 16.8 Å². The third-order valence-corrected chi connectivity index (χ3v) is 2.85. The van der Waals surface area contributed by atoms with Crippen LogP contribution < -0.4 is 16.4 Å². The summed E-state index contributed by atoms with van der Waals surface area (Å²) in [6.45, 7) is 9.05. The first-order valence-corrected chi connectivity index (χ1v) is 6.60. The van der Waals surface area contributed by atoms with Gasteiger partial charge in [0.1, 0.15) is 0 Å². The van der Waals surface area contributed by atoms with E-state index in [0.29, 0.717) is 11.4 Å². The summed E-state index contributed by atoms with van der Waals surface area (Å²) in [4.78, 5) is 23.6. The molecule has 21 heavy (non-hydrogen) atoms. The molecule has 0 saturated carbocycles. The summed E-state index contributed by atoms with van der Waals surface area (Å²) < 4.78 is 0. The molecule has 0 radical (unpaired) electrons. The van der Waals surface area contributed by atoms with Crippen LogP contribution in [0.5, 0.6) is 0 Å². The maximum absolute atomic E-state index is 12.0. The lowest BCUT2D eigenvalue weighted by molar-refractivity contribution is -0.123. The Balaban J connectivity index is 0.00000400. The molecule has 0 fully saturated rings. The molecular formula is C15H24ClN3O2. The van der Waals surface area contributed by atoms with Gasteiger partial charge in [0.2, 0.25) is 11.8 Å². The second kappa shape index (κ2) is 7.43. The molecule has 0 aliphatic rings. The molecule has 1 aromatic rings. The normalized spacial score (nSPS) is 12.1. The number of carbonyl (C=O) groups is 2. The van der Waals surface area contributed by atoms with Crippen molar-refractivity contribution in [2.24, 2.45) is 11.1 Å². The number of hydrogen-bond donors (Lipinski definition) is 3. The van der Waals surface area contributed by atoms with E-state index in [2.05, 4.69) is 10.6 Å². The number of aryl methyl sites for hydroxylation is 1. The number of carbonyl (C=O) groups excluding carboxylic acids is 2. The predicted octanol–water partition coefficient (Wildman–Crippen LogP) is 2.69. The molecule has 0 saturated heterocycles. The zero-order valence-corrected chi connectivity index (χ0v) is 13.9. The van der Waals surface area contributed by atoms with Gasteiger partial charge in [0.15, 0.2) is 0 Å². The minimum atomic E-state index is -0.580. The first kappa shape index (κ1) is 19.4. The van der Waals surface area contributed by atoms with Crippen LogP contribution in [0.2, 0.25) is 0 Å². The third-order valence-electron chi connectivity index (χ3n) is 2.85. The summed E-state index contributed by atoms with van der Waals surface area (Å²) in [5, 5.41) is 5.58. The van der Waals surface area contributed by atoms with Gasteiger partial charge in [-0.15, -0.1) is 12.4 Å². The average Bonchev–Trinajstić information content (AvgIpc) is 2.31.